The summed E-state index contributed by atoms with van der Waals surface area (Å²) in [5, 5.41) is 6.64. The van der Waals surface area contributed by atoms with Gasteiger partial charge in [0.25, 0.3) is 0 Å². The van der Waals surface area contributed by atoms with E-state index in [9.17, 15) is 4.79 Å². The fourth-order valence-corrected chi connectivity index (χ4v) is 3.25. The fraction of sp³-hybridized carbons (Fsp3) is 0.611. The Morgan fingerprint density at radius 2 is 2.00 bits per heavy atom. The minimum Gasteiger partial charge on any atom is -0.379 e. The molecule has 2 rings (SSSR count). The summed E-state index contributed by atoms with van der Waals surface area (Å²) in [5.41, 5.74) is 2.97. The van der Waals surface area contributed by atoms with Crippen molar-refractivity contribution in [1.29, 1.82) is 0 Å². The number of carbonyl (C=O) groups excluding carboxylic acids is 1. The number of benzene rings is 1. The van der Waals surface area contributed by atoms with Crippen LogP contribution in [0.1, 0.15) is 31.4 Å². The monoisotopic (exact) mass is 353 g/mol. The molecule has 1 saturated heterocycles. The van der Waals surface area contributed by atoms with Crippen molar-refractivity contribution < 1.29 is 9.53 Å². The van der Waals surface area contributed by atoms with Gasteiger partial charge in [-0.25, -0.2) is 4.79 Å². The molecule has 1 fully saturated rings. The van der Waals surface area contributed by atoms with Crippen LogP contribution in [0.3, 0.4) is 0 Å². The van der Waals surface area contributed by atoms with Crippen LogP contribution in [0.2, 0.25) is 5.02 Å². The van der Waals surface area contributed by atoms with Crippen molar-refractivity contribution in [3.63, 3.8) is 0 Å². The van der Waals surface area contributed by atoms with Crippen LogP contribution in [0, 0.1) is 0 Å². The molecule has 5 nitrogen and oxygen atoms in total. The lowest BCUT2D eigenvalue weighted by atomic mass is 10.0. The summed E-state index contributed by atoms with van der Waals surface area (Å²) in [6.07, 6.45) is 2.58. The van der Waals surface area contributed by atoms with E-state index in [0.29, 0.717) is 11.6 Å². The van der Waals surface area contributed by atoms with E-state index in [1.165, 1.54) is 0 Å². The van der Waals surface area contributed by atoms with Gasteiger partial charge in [0, 0.05) is 24.7 Å². The third-order valence-corrected chi connectivity index (χ3v) is 4.71. The summed E-state index contributed by atoms with van der Waals surface area (Å²) in [4.78, 5) is 14.6. The van der Waals surface area contributed by atoms with E-state index < -0.39 is 0 Å². The van der Waals surface area contributed by atoms with Crippen LogP contribution in [0.15, 0.2) is 12.1 Å². The van der Waals surface area contributed by atoms with Crippen molar-refractivity contribution in [3.8, 4) is 0 Å². The minimum atomic E-state index is -0.163. The highest BCUT2D eigenvalue weighted by atomic mass is 35.5. The maximum absolute atomic E-state index is 12.2. The number of urea groups is 1. The molecular weight excluding hydrogens is 326 g/mol. The quantitative estimate of drug-likeness (QED) is 0.739. The van der Waals surface area contributed by atoms with Crippen LogP contribution >= 0.6 is 11.6 Å². The van der Waals surface area contributed by atoms with Crippen LogP contribution < -0.4 is 10.6 Å². The maximum atomic E-state index is 12.2. The third-order valence-electron chi connectivity index (χ3n) is 4.36. The van der Waals surface area contributed by atoms with Gasteiger partial charge in [0.2, 0.25) is 0 Å². The van der Waals surface area contributed by atoms with Crippen LogP contribution in [0.25, 0.3) is 0 Å². The molecule has 0 aromatic heterocycles. The van der Waals surface area contributed by atoms with E-state index in [-0.39, 0.29) is 6.03 Å². The summed E-state index contributed by atoms with van der Waals surface area (Å²) in [6, 6.07) is 3.73. The molecular formula is C18H28ClN3O2. The van der Waals surface area contributed by atoms with Gasteiger partial charge in [0.05, 0.1) is 18.9 Å². The molecule has 1 heterocycles. The molecule has 2 amide bonds. The molecule has 1 aromatic carbocycles. The van der Waals surface area contributed by atoms with E-state index in [2.05, 4.69) is 22.5 Å². The van der Waals surface area contributed by atoms with Gasteiger partial charge >= 0.3 is 6.03 Å². The zero-order chi connectivity index (χ0) is 17.4. The first kappa shape index (κ1) is 19.0. The number of nitrogens with one attached hydrogen (secondary N) is 2. The number of halogens is 1. The van der Waals surface area contributed by atoms with Gasteiger partial charge in [-0.1, -0.05) is 31.5 Å². The number of amides is 2. The predicted octanol–water partition coefficient (Wildman–Crippen LogP) is 3.31. The van der Waals surface area contributed by atoms with Crippen molar-refractivity contribution in [2.75, 3.05) is 44.7 Å². The van der Waals surface area contributed by atoms with E-state index in [1.54, 1.807) is 0 Å². The van der Waals surface area contributed by atoms with Crippen molar-refractivity contribution in [3.05, 3.63) is 28.3 Å². The van der Waals surface area contributed by atoms with E-state index in [1.807, 2.05) is 19.1 Å². The van der Waals surface area contributed by atoms with E-state index >= 15 is 0 Å². The highest BCUT2D eigenvalue weighted by Crippen LogP contribution is 2.29. The number of ether oxygens (including phenoxy) is 1. The molecule has 24 heavy (non-hydrogen) atoms. The van der Waals surface area contributed by atoms with Crippen molar-refractivity contribution in [2.24, 2.45) is 0 Å². The van der Waals surface area contributed by atoms with Gasteiger partial charge in [-0.3, -0.25) is 4.90 Å². The number of hydrogen-bond acceptors (Lipinski definition) is 3. The predicted molar refractivity (Wildman–Crippen MR) is 99.1 cm³/mol. The Bertz CT molecular complexity index is 545. The van der Waals surface area contributed by atoms with Gasteiger partial charge in [0.1, 0.15) is 0 Å². The number of hydrogen-bond donors (Lipinski definition) is 2. The van der Waals surface area contributed by atoms with Crippen molar-refractivity contribution >= 4 is 23.3 Å². The van der Waals surface area contributed by atoms with E-state index in [4.69, 9.17) is 16.3 Å². The number of aryl methyl sites for hydroxylation is 1. The Morgan fingerprint density at radius 3 is 2.67 bits per heavy atom. The summed E-state index contributed by atoms with van der Waals surface area (Å²) < 4.78 is 5.33. The smallest absolute Gasteiger partial charge is 0.319 e. The summed E-state index contributed by atoms with van der Waals surface area (Å²) in [5.74, 6) is 0. The lowest BCUT2D eigenvalue weighted by Gasteiger charge is -2.26. The topological polar surface area (TPSA) is 53.6 Å². The molecule has 134 valence electrons. The lowest BCUT2D eigenvalue weighted by molar-refractivity contribution is 0.0375. The van der Waals surface area contributed by atoms with Crippen LogP contribution in [0.5, 0.6) is 0 Å². The Morgan fingerprint density at radius 1 is 1.25 bits per heavy atom. The van der Waals surface area contributed by atoms with Gasteiger partial charge in [0.15, 0.2) is 0 Å². The molecule has 0 bridgehead atoms. The molecule has 6 heteroatoms. The van der Waals surface area contributed by atoms with Crippen LogP contribution in [-0.4, -0.2) is 50.3 Å². The molecule has 1 aliphatic rings. The van der Waals surface area contributed by atoms with Crippen LogP contribution in [0.4, 0.5) is 10.5 Å². The fourth-order valence-electron chi connectivity index (χ4n) is 2.95. The average Bonchev–Trinajstić information content (AvgIpc) is 2.60. The van der Waals surface area contributed by atoms with Crippen molar-refractivity contribution in [1.82, 2.24) is 10.2 Å². The average molecular weight is 354 g/mol. The maximum Gasteiger partial charge on any atom is 0.319 e. The first-order valence-electron chi connectivity index (χ1n) is 8.80. The Hall–Kier alpha value is -1.30. The molecule has 1 aromatic rings. The van der Waals surface area contributed by atoms with Gasteiger partial charge in [-0.2, -0.15) is 0 Å². The third kappa shape index (κ3) is 5.36. The largest absolute Gasteiger partial charge is 0.379 e. The standard InChI is InChI=1S/C18H28ClN3O2/c1-3-14-6-7-16(19)15(4-2)17(14)21-18(23)20-8-5-9-22-10-12-24-13-11-22/h6-7H,3-5,8-13H2,1-2H3,(H2,20,21,23). The SMILES string of the molecule is CCc1ccc(Cl)c(CC)c1NC(=O)NCCCN1CCOCC1. The second kappa shape index (κ2) is 9.87. The minimum absolute atomic E-state index is 0.163. The Balaban J connectivity index is 1.82. The van der Waals surface area contributed by atoms with Gasteiger partial charge in [-0.05, 0) is 43.0 Å². The summed E-state index contributed by atoms with van der Waals surface area (Å²) >= 11 is 6.27. The molecule has 0 radical (unpaired) electrons. The second-order valence-electron chi connectivity index (χ2n) is 5.96. The summed E-state index contributed by atoms with van der Waals surface area (Å²) in [7, 11) is 0. The molecule has 0 unspecified atom stereocenters. The Labute approximate surface area is 149 Å². The Kier molecular flexibility index (Phi) is 7.82. The lowest BCUT2D eigenvalue weighted by Crippen LogP contribution is -2.38. The van der Waals surface area contributed by atoms with Crippen LogP contribution in [-0.2, 0) is 17.6 Å². The first-order chi connectivity index (χ1) is 11.7. The molecule has 0 atom stereocenters. The zero-order valence-electron chi connectivity index (χ0n) is 14.7. The van der Waals surface area contributed by atoms with Crippen molar-refractivity contribution in [2.45, 2.75) is 33.1 Å². The number of carbonyl (C=O) groups is 1. The number of rotatable bonds is 7. The summed E-state index contributed by atoms with van der Waals surface area (Å²) in [6.45, 7) is 9.35. The van der Waals surface area contributed by atoms with E-state index in [0.717, 1.165) is 68.9 Å². The van der Waals surface area contributed by atoms with Gasteiger partial charge in [-0.15, -0.1) is 0 Å². The number of nitrogens with zero attached hydrogens (tertiary/aromatic N) is 1. The number of morpholine rings is 1. The normalized spacial score (nSPS) is 15.3. The zero-order valence-corrected chi connectivity index (χ0v) is 15.4. The molecule has 0 aliphatic carbocycles. The second-order valence-corrected chi connectivity index (χ2v) is 6.36. The molecule has 0 spiro atoms. The number of anilines is 1. The first-order valence-corrected chi connectivity index (χ1v) is 9.18. The molecule has 1 aliphatic heterocycles. The highest BCUT2D eigenvalue weighted by Gasteiger charge is 2.13. The highest BCUT2D eigenvalue weighted by molar-refractivity contribution is 6.31. The molecule has 0 saturated carbocycles. The van der Waals surface area contributed by atoms with Gasteiger partial charge < -0.3 is 15.4 Å². The molecule has 2 N–H and O–H groups in total.